The quantitative estimate of drug-likeness (QED) is 0.122. The molecule has 41 heavy (non-hydrogen) atoms. The molecule has 1 spiro atoms. The van der Waals surface area contributed by atoms with Crippen molar-refractivity contribution in [3.8, 4) is 5.75 Å². The minimum absolute atomic E-state index is 0.0688. The number of allylic oxidation sites excluding steroid dienone is 1. The van der Waals surface area contributed by atoms with Crippen molar-refractivity contribution in [1.82, 2.24) is 0 Å². The van der Waals surface area contributed by atoms with Gasteiger partial charge in [0.15, 0.2) is 0 Å². The monoisotopic (exact) mass is 668 g/mol. The zero-order valence-corrected chi connectivity index (χ0v) is 26.9. The molecule has 3 aliphatic carbocycles. The molecule has 8 rings (SSSR count). The van der Waals surface area contributed by atoms with Crippen LogP contribution in [0.2, 0.25) is 0 Å². The van der Waals surface area contributed by atoms with Gasteiger partial charge in [-0.1, -0.05) is 94.9 Å². The number of para-hydroxylation sites is 2. The maximum absolute atomic E-state index is 5.82. The third-order valence-electron chi connectivity index (χ3n) is 8.29. The van der Waals surface area contributed by atoms with Gasteiger partial charge in [0.1, 0.15) is 0 Å². The molecule has 0 saturated carbocycles. The third-order valence-corrected chi connectivity index (χ3v) is 10.1. The molecule has 2 bridgehead atoms. The van der Waals surface area contributed by atoms with E-state index in [1.54, 1.807) is 0 Å². The van der Waals surface area contributed by atoms with Crippen LogP contribution in [0.1, 0.15) is 61.4 Å². The number of halogens is 2. The first-order chi connectivity index (χ1) is 19.7. The molecule has 0 radical (unpaired) electrons. The minimum Gasteiger partial charge on any atom is -0.513 e. The van der Waals surface area contributed by atoms with Gasteiger partial charge in [-0.15, -0.1) is 0 Å². The summed E-state index contributed by atoms with van der Waals surface area (Å²) in [5, 5.41) is 0. The van der Waals surface area contributed by atoms with Crippen LogP contribution in [0.4, 0.5) is 5.69 Å². The average Bonchev–Trinajstić information content (AvgIpc) is 3.22. The summed E-state index contributed by atoms with van der Waals surface area (Å²) in [4.78, 5) is 2.49. The summed E-state index contributed by atoms with van der Waals surface area (Å²) in [7, 11) is 11.6. The first-order valence-corrected chi connectivity index (χ1v) is 19.4. The molecule has 4 aliphatic rings. The van der Waals surface area contributed by atoms with Gasteiger partial charge in [-0.3, -0.25) is 0 Å². The summed E-state index contributed by atoms with van der Waals surface area (Å²) in [6.45, 7) is 11.2. The Balaban J connectivity index is 0.000000184. The number of hydrogen-bond acceptors (Lipinski definition) is 2. The summed E-state index contributed by atoms with van der Waals surface area (Å²) < 4.78 is 7.51. The predicted molar refractivity (Wildman–Crippen MR) is 170 cm³/mol. The maximum Gasteiger partial charge on any atom is 0.0276 e. The summed E-state index contributed by atoms with van der Waals surface area (Å²) in [6.07, 6.45) is 2.71. The van der Waals surface area contributed by atoms with Crippen molar-refractivity contribution in [3.63, 3.8) is 0 Å². The fourth-order valence-corrected chi connectivity index (χ4v) is 8.52. The fraction of sp³-hybridized carbons (Fsp3) is 0.222. The van der Waals surface area contributed by atoms with Gasteiger partial charge >= 0.3 is 97.8 Å². The number of rotatable bonds is 4. The van der Waals surface area contributed by atoms with Gasteiger partial charge in [0, 0.05) is 17.1 Å². The Morgan fingerprint density at radius 1 is 0.805 bits per heavy atom. The van der Waals surface area contributed by atoms with Crippen molar-refractivity contribution in [1.29, 1.82) is 0 Å². The van der Waals surface area contributed by atoms with E-state index in [2.05, 4.69) is 110 Å². The smallest absolute Gasteiger partial charge is 0.0276 e. The Labute approximate surface area is 257 Å². The van der Waals surface area contributed by atoms with Crippen LogP contribution in [0.3, 0.4) is 0 Å². The molecule has 0 unspecified atom stereocenters. The summed E-state index contributed by atoms with van der Waals surface area (Å²) in [5.41, 5.74) is 9.36. The maximum atomic E-state index is 5.82. The van der Waals surface area contributed by atoms with Crippen LogP contribution in [0.15, 0.2) is 115 Å². The fourth-order valence-electron chi connectivity index (χ4n) is 6.71. The van der Waals surface area contributed by atoms with Gasteiger partial charge in [0.2, 0.25) is 0 Å². The Bertz CT molecular complexity index is 1590. The average molecular weight is 669 g/mol. The normalized spacial score (nSPS) is 21.1. The zero-order chi connectivity index (χ0) is 28.8. The molecule has 1 aliphatic heterocycles. The molecular weight excluding hydrogens is 634 g/mol. The second-order valence-corrected chi connectivity index (χ2v) is 17.2. The number of nitrogens with zero attached hydrogens (tertiary/aromatic N) is 1. The summed E-state index contributed by atoms with van der Waals surface area (Å²) >= 11 is -1.77. The number of benzene rings is 4. The van der Waals surface area contributed by atoms with Crippen molar-refractivity contribution in [2.45, 2.75) is 50.7 Å². The standard InChI is InChI=1S/C26H22N.C10H12O.2ClH.Ru/c1-25(2)24-16-21-19-12-6-8-14-22(19)26(24,23-15-9-7-13-20(21)23)17-27(25)18-10-4-3-5-11-18;1-8(2)11-10-7-5-4-6-9(10)3;;;/h3-17,21H,1-2H3;3-8H,1-2H3;2*1H;/q-1;;;;+2/p-2. The third kappa shape index (κ3) is 4.91. The molecule has 1 heterocycles. The van der Waals surface area contributed by atoms with Gasteiger partial charge in [-0.2, -0.15) is 0 Å². The Kier molecular flexibility index (Phi) is 7.75. The van der Waals surface area contributed by atoms with Gasteiger partial charge in [0.05, 0.1) is 0 Å². The van der Waals surface area contributed by atoms with Crippen LogP contribution in [0.5, 0.6) is 5.75 Å². The second kappa shape index (κ2) is 11.2. The number of hydrogen-bond donors (Lipinski definition) is 0. The second-order valence-electron chi connectivity index (χ2n) is 11.4. The van der Waals surface area contributed by atoms with Crippen LogP contribution >= 0.6 is 19.4 Å². The number of ether oxygens (including phenoxy) is 1. The van der Waals surface area contributed by atoms with E-state index >= 15 is 0 Å². The van der Waals surface area contributed by atoms with Crippen molar-refractivity contribution >= 4 is 29.7 Å². The Morgan fingerprint density at radius 2 is 1.37 bits per heavy atom. The molecule has 0 aromatic heterocycles. The predicted octanol–water partition coefficient (Wildman–Crippen LogP) is 9.37. The zero-order valence-electron chi connectivity index (χ0n) is 23.7. The van der Waals surface area contributed by atoms with E-state index in [9.17, 15) is 0 Å². The molecule has 2 nitrogen and oxygen atoms in total. The van der Waals surface area contributed by atoms with Crippen LogP contribution in [-0.2, 0) is 18.9 Å². The van der Waals surface area contributed by atoms with Crippen molar-refractivity contribution in [2.24, 2.45) is 0 Å². The molecule has 4 aromatic rings. The van der Waals surface area contributed by atoms with E-state index in [1.807, 2.05) is 42.7 Å². The first-order valence-electron chi connectivity index (χ1n) is 13.9. The van der Waals surface area contributed by atoms with Gasteiger partial charge < -0.3 is 4.90 Å². The largest absolute Gasteiger partial charge is 0.513 e. The molecule has 4 aromatic carbocycles. The van der Waals surface area contributed by atoms with Crippen LogP contribution in [0, 0.1) is 6.54 Å². The van der Waals surface area contributed by atoms with E-state index in [1.165, 1.54) is 33.5 Å². The minimum atomic E-state index is -1.77. The molecule has 1 fully saturated rings. The molecule has 5 heteroatoms. The topological polar surface area (TPSA) is 12.5 Å². The van der Waals surface area contributed by atoms with Crippen LogP contribution in [0.25, 0.3) is 0 Å². The molecule has 0 amide bonds. The van der Waals surface area contributed by atoms with Crippen molar-refractivity contribution in [3.05, 3.63) is 149 Å². The Hall–Kier alpha value is -2.71. The number of anilines is 1. The molecule has 1 saturated heterocycles. The van der Waals surface area contributed by atoms with E-state index in [-0.39, 0.29) is 17.1 Å². The SMILES string of the molecule is CC(C)Oc1ccccc1[CH]=[Ru]([Cl])[Cl].CC1(C)C2=CC3c4ccccc4C2([CH-]N1c1ccccc1)c1ccccc13. The van der Waals surface area contributed by atoms with Crippen molar-refractivity contribution in [2.75, 3.05) is 4.90 Å². The van der Waals surface area contributed by atoms with Gasteiger partial charge in [-0.25, -0.2) is 6.54 Å². The molecular formula is C36H34Cl2NORu-. The van der Waals surface area contributed by atoms with Gasteiger partial charge in [-0.05, 0) is 37.1 Å². The van der Waals surface area contributed by atoms with E-state index in [4.69, 9.17) is 24.1 Å². The summed E-state index contributed by atoms with van der Waals surface area (Å²) in [6, 6.07) is 36.6. The van der Waals surface area contributed by atoms with E-state index in [0.29, 0.717) is 5.92 Å². The molecule has 0 atom stereocenters. The van der Waals surface area contributed by atoms with Crippen LogP contribution < -0.4 is 9.64 Å². The van der Waals surface area contributed by atoms with Crippen molar-refractivity contribution < 1.29 is 18.3 Å². The van der Waals surface area contributed by atoms with Gasteiger partial charge in [0.25, 0.3) is 0 Å². The van der Waals surface area contributed by atoms with Crippen LogP contribution in [-0.4, -0.2) is 16.3 Å². The molecule has 212 valence electrons. The Morgan fingerprint density at radius 3 is 1.98 bits per heavy atom. The first kappa shape index (κ1) is 28.4. The van der Waals surface area contributed by atoms with E-state index < -0.39 is 13.5 Å². The molecule has 0 N–H and O–H groups in total. The summed E-state index contributed by atoms with van der Waals surface area (Å²) in [5.74, 6) is 1.21. The van der Waals surface area contributed by atoms with E-state index in [0.717, 1.165) is 11.3 Å².